The molecule has 2 atom stereocenters. The number of pyridine rings is 1. The van der Waals surface area contributed by atoms with Gasteiger partial charge in [-0.25, -0.2) is 9.98 Å². The quantitative estimate of drug-likeness (QED) is 0.503. The molecule has 0 saturated carbocycles. The van der Waals surface area contributed by atoms with E-state index in [-0.39, 0.29) is 17.8 Å². The van der Waals surface area contributed by atoms with Gasteiger partial charge in [0.1, 0.15) is 6.17 Å². The van der Waals surface area contributed by atoms with Gasteiger partial charge in [-0.3, -0.25) is 14.7 Å². The van der Waals surface area contributed by atoms with Crippen LogP contribution in [0.25, 0.3) is 16.5 Å². The summed E-state index contributed by atoms with van der Waals surface area (Å²) in [6.07, 6.45) is 3.22. The van der Waals surface area contributed by atoms with Crippen LogP contribution in [0.1, 0.15) is 30.5 Å². The summed E-state index contributed by atoms with van der Waals surface area (Å²) in [4.78, 5) is 27.3. The largest absolute Gasteiger partial charge is 0.345 e. The van der Waals surface area contributed by atoms with Crippen LogP contribution in [0, 0.1) is 0 Å². The number of halogens is 1. The topological polar surface area (TPSA) is 78.3 Å². The number of aliphatic imine (C=N–C) groups is 1. The first-order valence-corrected chi connectivity index (χ1v) is 10.4. The van der Waals surface area contributed by atoms with E-state index >= 15 is 0 Å². The zero-order chi connectivity index (χ0) is 21.5. The summed E-state index contributed by atoms with van der Waals surface area (Å²) in [6.45, 7) is 2.04. The number of aromatic amines is 1. The highest BCUT2D eigenvalue weighted by Gasteiger charge is 2.27. The minimum Gasteiger partial charge on any atom is -0.345 e. The van der Waals surface area contributed by atoms with Gasteiger partial charge < -0.3 is 9.88 Å². The Morgan fingerprint density at radius 3 is 2.77 bits per heavy atom. The zero-order valence-electron chi connectivity index (χ0n) is 17.1. The molecular formula is C23H21ClN6O. The van der Waals surface area contributed by atoms with Gasteiger partial charge in [0, 0.05) is 24.5 Å². The average Bonchev–Trinajstić information content (AvgIpc) is 3.25. The van der Waals surface area contributed by atoms with E-state index < -0.39 is 0 Å². The third-order valence-corrected chi connectivity index (χ3v) is 5.90. The maximum Gasteiger partial charge on any atom is 0.264 e. The molecule has 2 N–H and O–H groups in total. The third kappa shape index (κ3) is 3.32. The normalized spacial score (nSPS) is 16.5. The van der Waals surface area contributed by atoms with Crippen molar-refractivity contribution in [1.82, 2.24) is 24.8 Å². The number of rotatable bonds is 4. The molecule has 2 aromatic carbocycles. The summed E-state index contributed by atoms with van der Waals surface area (Å²) in [5, 5.41) is 5.39. The van der Waals surface area contributed by atoms with Crippen LogP contribution in [0.4, 0.5) is 5.82 Å². The number of nitrogens with zero attached hydrogens (tertiary/aromatic N) is 4. The highest BCUT2D eigenvalue weighted by atomic mass is 35.5. The molecule has 2 aromatic heterocycles. The molecule has 8 heteroatoms. The standard InChI is InChI=1S/C23H21ClN6O/c1-14(28-22-20-21(26-12-25-20)27-13-29(22)2)18-11-15-7-6-10-17(24)19(15)23(31)30(18)16-8-4-3-5-9-16/h3-14,22,28H,1-2H3,(H,25,26)/t14-,22?/m0/s1. The molecule has 1 aliphatic rings. The van der Waals surface area contributed by atoms with Crippen molar-refractivity contribution in [3.05, 3.63) is 87.7 Å². The number of imidazole rings is 1. The predicted octanol–water partition coefficient (Wildman–Crippen LogP) is 4.32. The third-order valence-electron chi connectivity index (χ3n) is 5.58. The van der Waals surface area contributed by atoms with Crippen molar-refractivity contribution in [3.63, 3.8) is 0 Å². The van der Waals surface area contributed by atoms with E-state index in [1.165, 1.54) is 0 Å². The number of hydrogen-bond acceptors (Lipinski definition) is 5. The van der Waals surface area contributed by atoms with E-state index in [9.17, 15) is 4.79 Å². The molecule has 3 heterocycles. The predicted molar refractivity (Wildman–Crippen MR) is 123 cm³/mol. The fraction of sp³-hybridized carbons (Fsp3) is 0.174. The van der Waals surface area contributed by atoms with Crippen LogP contribution in [-0.4, -0.2) is 32.8 Å². The van der Waals surface area contributed by atoms with Crippen molar-refractivity contribution in [2.45, 2.75) is 19.1 Å². The SMILES string of the molecule is C[C@H](NC1c2[nH]cnc2N=CN1C)c1cc2cccc(Cl)c2c(=O)n1-c1ccccc1. The summed E-state index contributed by atoms with van der Waals surface area (Å²) < 4.78 is 1.73. The molecule has 0 aliphatic carbocycles. The smallest absolute Gasteiger partial charge is 0.264 e. The second kappa shape index (κ2) is 7.68. The van der Waals surface area contributed by atoms with Crippen LogP contribution >= 0.6 is 11.6 Å². The van der Waals surface area contributed by atoms with Gasteiger partial charge in [0.15, 0.2) is 5.82 Å². The molecule has 31 heavy (non-hydrogen) atoms. The number of aromatic nitrogens is 3. The van der Waals surface area contributed by atoms with Crippen molar-refractivity contribution in [2.75, 3.05) is 7.05 Å². The van der Waals surface area contributed by atoms with E-state index in [4.69, 9.17) is 11.6 Å². The number of fused-ring (bicyclic) bond motifs is 2. The Morgan fingerprint density at radius 1 is 1.16 bits per heavy atom. The van der Waals surface area contributed by atoms with E-state index in [0.29, 0.717) is 16.2 Å². The van der Waals surface area contributed by atoms with Gasteiger partial charge in [-0.1, -0.05) is 41.9 Å². The molecule has 1 aliphatic heterocycles. The van der Waals surface area contributed by atoms with Gasteiger partial charge in [-0.2, -0.15) is 0 Å². The van der Waals surface area contributed by atoms with E-state index in [0.717, 1.165) is 22.5 Å². The molecule has 156 valence electrons. The lowest BCUT2D eigenvalue weighted by molar-refractivity contribution is 0.281. The molecule has 0 radical (unpaired) electrons. The number of benzene rings is 2. The second-order valence-electron chi connectivity index (χ2n) is 7.59. The van der Waals surface area contributed by atoms with Crippen LogP contribution in [0.5, 0.6) is 0 Å². The molecule has 7 nitrogen and oxygen atoms in total. The Kier molecular flexibility index (Phi) is 4.84. The van der Waals surface area contributed by atoms with Crippen molar-refractivity contribution >= 4 is 34.5 Å². The van der Waals surface area contributed by atoms with Crippen LogP contribution in [0.15, 0.2) is 70.7 Å². The summed E-state index contributed by atoms with van der Waals surface area (Å²) >= 11 is 6.41. The van der Waals surface area contributed by atoms with Gasteiger partial charge in [-0.15, -0.1) is 0 Å². The van der Waals surface area contributed by atoms with Crippen molar-refractivity contribution in [1.29, 1.82) is 0 Å². The lowest BCUT2D eigenvalue weighted by Gasteiger charge is -2.32. The summed E-state index contributed by atoms with van der Waals surface area (Å²) in [6, 6.07) is 17.0. The number of hydrogen-bond donors (Lipinski definition) is 2. The van der Waals surface area contributed by atoms with Gasteiger partial charge in [0.2, 0.25) is 0 Å². The average molecular weight is 433 g/mol. The number of H-pyrrole nitrogens is 1. The summed E-state index contributed by atoms with van der Waals surface area (Å²) in [7, 11) is 1.95. The molecule has 0 amide bonds. The van der Waals surface area contributed by atoms with E-state index in [2.05, 4.69) is 20.3 Å². The van der Waals surface area contributed by atoms with Gasteiger partial charge in [0.25, 0.3) is 5.56 Å². The van der Waals surface area contributed by atoms with Crippen LogP contribution < -0.4 is 10.9 Å². The lowest BCUT2D eigenvalue weighted by atomic mass is 10.1. The van der Waals surface area contributed by atoms with E-state index in [1.54, 1.807) is 23.3 Å². The minimum absolute atomic E-state index is 0.140. The van der Waals surface area contributed by atoms with Crippen LogP contribution in [0.3, 0.4) is 0 Å². The second-order valence-corrected chi connectivity index (χ2v) is 8.00. The van der Waals surface area contributed by atoms with Crippen LogP contribution in [0.2, 0.25) is 5.02 Å². The Labute approximate surface area is 184 Å². The monoisotopic (exact) mass is 432 g/mol. The summed E-state index contributed by atoms with van der Waals surface area (Å²) in [5.41, 5.74) is 2.37. The molecule has 0 fully saturated rings. The van der Waals surface area contributed by atoms with Crippen molar-refractivity contribution in [3.8, 4) is 5.69 Å². The van der Waals surface area contributed by atoms with Gasteiger partial charge >= 0.3 is 0 Å². The maximum atomic E-state index is 13.6. The molecular weight excluding hydrogens is 412 g/mol. The lowest BCUT2D eigenvalue weighted by Crippen LogP contribution is -2.39. The first-order valence-electron chi connectivity index (χ1n) is 9.99. The molecule has 1 unspecified atom stereocenters. The fourth-order valence-corrected chi connectivity index (χ4v) is 4.30. The van der Waals surface area contributed by atoms with Crippen molar-refractivity contribution in [2.24, 2.45) is 4.99 Å². The molecule has 0 saturated heterocycles. The van der Waals surface area contributed by atoms with Gasteiger partial charge in [-0.05, 0) is 36.6 Å². The van der Waals surface area contributed by atoms with Gasteiger partial charge in [0.05, 0.1) is 28.8 Å². The minimum atomic E-state index is -0.175. The van der Waals surface area contributed by atoms with Crippen molar-refractivity contribution < 1.29 is 0 Å². The Bertz CT molecular complexity index is 1340. The first kappa shape index (κ1) is 19.5. The molecule has 0 spiro atoms. The van der Waals surface area contributed by atoms with Crippen LogP contribution in [-0.2, 0) is 0 Å². The number of para-hydroxylation sites is 1. The molecule has 5 rings (SSSR count). The zero-order valence-corrected chi connectivity index (χ0v) is 17.8. The number of nitrogens with one attached hydrogen (secondary N) is 2. The molecule has 0 bridgehead atoms. The Hall–Kier alpha value is -3.42. The Balaban J connectivity index is 1.66. The summed E-state index contributed by atoms with van der Waals surface area (Å²) in [5.74, 6) is 0.661. The fourth-order valence-electron chi connectivity index (χ4n) is 4.04. The molecule has 4 aromatic rings. The highest BCUT2D eigenvalue weighted by Crippen LogP contribution is 2.31. The van der Waals surface area contributed by atoms with E-state index in [1.807, 2.05) is 67.4 Å². The first-order chi connectivity index (χ1) is 15.0. The highest BCUT2D eigenvalue weighted by molar-refractivity contribution is 6.35. The Morgan fingerprint density at radius 2 is 1.97 bits per heavy atom. The maximum absolute atomic E-state index is 13.6.